The van der Waals surface area contributed by atoms with Gasteiger partial charge in [0, 0.05) is 22.7 Å². The third kappa shape index (κ3) is 2.05. The van der Waals surface area contributed by atoms with Crippen LogP contribution in [0.3, 0.4) is 0 Å². The van der Waals surface area contributed by atoms with Gasteiger partial charge in [0.2, 0.25) is 0 Å². The first kappa shape index (κ1) is 12.0. The summed E-state index contributed by atoms with van der Waals surface area (Å²) in [7, 11) is 0. The van der Waals surface area contributed by atoms with E-state index in [-0.39, 0.29) is 0 Å². The number of nitrogens with zero attached hydrogens (tertiary/aromatic N) is 2. The third-order valence-electron chi connectivity index (χ3n) is 3.82. The Hall–Kier alpha value is -2.74. The molecule has 0 amide bonds. The minimum Gasteiger partial charge on any atom is -0.254 e. The van der Waals surface area contributed by atoms with Crippen molar-refractivity contribution in [3.63, 3.8) is 0 Å². The van der Waals surface area contributed by atoms with E-state index in [1.807, 2.05) is 31.3 Å². The van der Waals surface area contributed by atoms with E-state index in [4.69, 9.17) is 4.98 Å². The molecule has 0 saturated carbocycles. The number of aryl methyl sites for hydroxylation is 1. The second-order valence-electron chi connectivity index (χ2n) is 5.23. The van der Waals surface area contributed by atoms with Crippen LogP contribution in [0.25, 0.3) is 32.9 Å². The SMILES string of the molecule is Cc1nc(-c2cc3ccccc3cn2)cc2ccccc12. The topological polar surface area (TPSA) is 25.8 Å². The Labute approximate surface area is 123 Å². The van der Waals surface area contributed by atoms with Crippen molar-refractivity contribution in [2.75, 3.05) is 0 Å². The molecule has 2 nitrogen and oxygen atoms in total. The Morgan fingerprint density at radius 1 is 0.714 bits per heavy atom. The van der Waals surface area contributed by atoms with Gasteiger partial charge in [-0.2, -0.15) is 0 Å². The molecular weight excluding hydrogens is 256 g/mol. The molecule has 0 unspecified atom stereocenters. The van der Waals surface area contributed by atoms with Crippen molar-refractivity contribution in [2.24, 2.45) is 0 Å². The monoisotopic (exact) mass is 270 g/mol. The molecule has 4 aromatic rings. The summed E-state index contributed by atoms with van der Waals surface area (Å²) >= 11 is 0. The highest BCUT2D eigenvalue weighted by molar-refractivity contribution is 5.89. The van der Waals surface area contributed by atoms with Crippen molar-refractivity contribution in [3.8, 4) is 11.4 Å². The van der Waals surface area contributed by atoms with Crippen molar-refractivity contribution in [3.05, 3.63) is 72.6 Å². The van der Waals surface area contributed by atoms with Gasteiger partial charge in [0.1, 0.15) is 0 Å². The van der Waals surface area contributed by atoms with E-state index < -0.39 is 0 Å². The summed E-state index contributed by atoms with van der Waals surface area (Å²) in [6, 6.07) is 20.8. The molecule has 4 rings (SSSR count). The summed E-state index contributed by atoms with van der Waals surface area (Å²) in [6.45, 7) is 2.05. The lowest BCUT2D eigenvalue weighted by Gasteiger charge is -2.07. The van der Waals surface area contributed by atoms with Crippen molar-refractivity contribution in [2.45, 2.75) is 6.92 Å². The van der Waals surface area contributed by atoms with Crippen LogP contribution in [0.4, 0.5) is 0 Å². The first-order chi connectivity index (χ1) is 10.3. The average molecular weight is 270 g/mol. The Bertz CT molecular complexity index is 958. The van der Waals surface area contributed by atoms with E-state index in [1.165, 1.54) is 16.2 Å². The highest BCUT2D eigenvalue weighted by Crippen LogP contribution is 2.25. The quantitative estimate of drug-likeness (QED) is 0.498. The van der Waals surface area contributed by atoms with Gasteiger partial charge in [-0.3, -0.25) is 9.97 Å². The molecule has 0 saturated heterocycles. The molecule has 0 radical (unpaired) electrons. The predicted molar refractivity (Wildman–Crippen MR) is 87.2 cm³/mol. The number of pyridine rings is 2. The van der Waals surface area contributed by atoms with Crippen molar-refractivity contribution >= 4 is 21.5 Å². The van der Waals surface area contributed by atoms with Crippen molar-refractivity contribution in [1.29, 1.82) is 0 Å². The van der Waals surface area contributed by atoms with Gasteiger partial charge in [0.25, 0.3) is 0 Å². The zero-order valence-corrected chi connectivity index (χ0v) is 11.7. The van der Waals surface area contributed by atoms with Crippen LogP contribution in [0.1, 0.15) is 5.69 Å². The summed E-state index contributed by atoms with van der Waals surface area (Å²) in [5, 5.41) is 4.74. The summed E-state index contributed by atoms with van der Waals surface area (Å²) in [4.78, 5) is 9.28. The maximum Gasteiger partial charge on any atom is 0.0895 e. The lowest BCUT2D eigenvalue weighted by atomic mass is 10.1. The van der Waals surface area contributed by atoms with E-state index in [0.29, 0.717) is 0 Å². The van der Waals surface area contributed by atoms with E-state index in [2.05, 4.69) is 47.4 Å². The Kier molecular flexibility index (Phi) is 2.68. The molecule has 2 aromatic carbocycles. The number of aromatic nitrogens is 2. The maximum atomic E-state index is 4.72. The number of hydrogen-bond donors (Lipinski definition) is 0. The smallest absolute Gasteiger partial charge is 0.0895 e. The fourth-order valence-electron chi connectivity index (χ4n) is 2.73. The van der Waals surface area contributed by atoms with E-state index in [9.17, 15) is 0 Å². The van der Waals surface area contributed by atoms with E-state index in [0.717, 1.165) is 22.5 Å². The molecule has 0 aliphatic rings. The molecule has 0 fully saturated rings. The molecule has 0 bridgehead atoms. The zero-order chi connectivity index (χ0) is 14.2. The summed E-state index contributed by atoms with van der Waals surface area (Å²) in [6.07, 6.45) is 1.91. The van der Waals surface area contributed by atoms with E-state index in [1.54, 1.807) is 0 Å². The molecule has 100 valence electrons. The molecule has 0 aliphatic heterocycles. The maximum absolute atomic E-state index is 4.72. The highest BCUT2D eigenvalue weighted by Gasteiger charge is 2.06. The Morgan fingerprint density at radius 2 is 1.38 bits per heavy atom. The van der Waals surface area contributed by atoms with E-state index >= 15 is 0 Å². The van der Waals surface area contributed by atoms with Gasteiger partial charge in [0.15, 0.2) is 0 Å². The Balaban J connectivity index is 1.95. The van der Waals surface area contributed by atoms with Gasteiger partial charge in [-0.25, -0.2) is 0 Å². The van der Waals surface area contributed by atoms with Crippen molar-refractivity contribution in [1.82, 2.24) is 9.97 Å². The van der Waals surface area contributed by atoms with Gasteiger partial charge >= 0.3 is 0 Å². The third-order valence-corrected chi connectivity index (χ3v) is 3.82. The number of rotatable bonds is 1. The van der Waals surface area contributed by atoms with Crippen LogP contribution in [0.2, 0.25) is 0 Å². The lowest BCUT2D eigenvalue weighted by molar-refractivity contribution is 1.21. The van der Waals surface area contributed by atoms with Gasteiger partial charge in [-0.05, 0) is 29.8 Å². The molecular formula is C19H14N2. The van der Waals surface area contributed by atoms with Crippen molar-refractivity contribution < 1.29 is 0 Å². The standard InChI is InChI=1S/C19H14N2/c1-13-17-9-5-4-7-15(17)11-19(21-13)18-10-14-6-2-3-8-16(14)12-20-18/h2-12H,1H3. The van der Waals surface area contributed by atoms with Crippen LogP contribution >= 0.6 is 0 Å². The number of benzene rings is 2. The average Bonchev–Trinajstić information content (AvgIpc) is 2.54. The second-order valence-corrected chi connectivity index (χ2v) is 5.23. The fourth-order valence-corrected chi connectivity index (χ4v) is 2.73. The van der Waals surface area contributed by atoms with Crippen LogP contribution < -0.4 is 0 Å². The molecule has 0 aliphatic carbocycles. The summed E-state index contributed by atoms with van der Waals surface area (Å²) < 4.78 is 0. The minimum atomic E-state index is 0.919. The van der Waals surface area contributed by atoms with Crippen LogP contribution in [0.5, 0.6) is 0 Å². The minimum absolute atomic E-state index is 0.919. The Morgan fingerprint density at radius 3 is 2.24 bits per heavy atom. The fraction of sp³-hybridized carbons (Fsp3) is 0.0526. The van der Waals surface area contributed by atoms with Gasteiger partial charge < -0.3 is 0 Å². The van der Waals surface area contributed by atoms with Gasteiger partial charge in [0.05, 0.1) is 11.4 Å². The van der Waals surface area contributed by atoms with Gasteiger partial charge in [-0.15, -0.1) is 0 Å². The largest absolute Gasteiger partial charge is 0.254 e. The van der Waals surface area contributed by atoms with Crippen LogP contribution in [0, 0.1) is 6.92 Å². The van der Waals surface area contributed by atoms with Gasteiger partial charge in [-0.1, -0.05) is 48.5 Å². The molecule has 2 heterocycles. The summed E-state index contributed by atoms with van der Waals surface area (Å²) in [5.74, 6) is 0. The predicted octanol–water partition coefficient (Wildman–Crippen LogP) is 4.76. The number of hydrogen-bond acceptors (Lipinski definition) is 2. The van der Waals surface area contributed by atoms with Crippen LogP contribution in [-0.4, -0.2) is 9.97 Å². The molecule has 0 N–H and O–H groups in total. The normalized spacial score (nSPS) is 11.1. The first-order valence-electron chi connectivity index (χ1n) is 7.03. The van der Waals surface area contributed by atoms with Crippen LogP contribution in [-0.2, 0) is 0 Å². The van der Waals surface area contributed by atoms with Crippen LogP contribution in [0.15, 0.2) is 66.9 Å². The highest BCUT2D eigenvalue weighted by atomic mass is 14.8. The molecule has 2 aromatic heterocycles. The molecule has 2 heteroatoms. The molecule has 0 spiro atoms. The lowest BCUT2D eigenvalue weighted by Crippen LogP contribution is -1.91. The second kappa shape index (κ2) is 4.67. The zero-order valence-electron chi connectivity index (χ0n) is 11.7. The number of fused-ring (bicyclic) bond motifs is 2. The summed E-state index contributed by atoms with van der Waals surface area (Å²) in [5.41, 5.74) is 2.89. The molecule has 0 atom stereocenters. The molecule has 21 heavy (non-hydrogen) atoms. The first-order valence-corrected chi connectivity index (χ1v) is 7.03.